The molecule has 1 aliphatic rings. The maximum absolute atomic E-state index is 4.69. The Morgan fingerprint density at radius 1 is 1.50 bits per heavy atom. The molecule has 16 heavy (non-hydrogen) atoms. The molecule has 2 nitrogen and oxygen atoms in total. The van der Waals surface area contributed by atoms with E-state index in [9.17, 15) is 0 Å². The van der Waals surface area contributed by atoms with Crippen molar-refractivity contribution in [3.8, 4) is 0 Å². The van der Waals surface area contributed by atoms with Gasteiger partial charge in [-0.25, -0.2) is 4.98 Å². The first kappa shape index (κ1) is 10.2. The van der Waals surface area contributed by atoms with Crippen LogP contribution in [0.25, 0.3) is 11.0 Å². The first-order valence-electron chi connectivity index (χ1n) is 5.97. The normalized spacial score (nSPS) is 20.7. The van der Waals surface area contributed by atoms with Crippen LogP contribution in [0.5, 0.6) is 0 Å². The third kappa shape index (κ3) is 1.73. The minimum Gasteiger partial charge on any atom is -0.341 e. The average Bonchev–Trinajstić information content (AvgIpc) is 2.96. The van der Waals surface area contributed by atoms with Gasteiger partial charge in [0.2, 0.25) is 0 Å². The zero-order valence-corrected chi connectivity index (χ0v) is 10.3. The van der Waals surface area contributed by atoms with Gasteiger partial charge in [-0.3, -0.25) is 0 Å². The number of nitrogens with zero attached hydrogens (tertiary/aromatic N) is 1. The highest BCUT2D eigenvalue weighted by Crippen LogP contribution is 2.38. The molecule has 3 rings (SSSR count). The van der Waals surface area contributed by atoms with Crippen LogP contribution in [0.1, 0.15) is 36.4 Å². The summed E-state index contributed by atoms with van der Waals surface area (Å²) in [7, 11) is 0. The highest BCUT2D eigenvalue weighted by molar-refractivity contribution is 7.99. The van der Waals surface area contributed by atoms with Gasteiger partial charge in [-0.1, -0.05) is 13.0 Å². The van der Waals surface area contributed by atoms with Gasteiger partial charge in [0.15, 0.2) is 0 Å². The SMILES string of the molecule is CCc1ccc2nc(C3CCCS3)[nH]c2c1. The number of H-pyrrole nitrogens is 1. The summed E-state index contributed by atoms with van der Waals surface area (Å²) in [5.74, 6) is 2.45. The summed E-state index contributed by atoms with van der Waals surface area (Å²) in [5.41, 5.74) is 3.68. The van der Waals surface area contributed by atoms with Crippen molar-refractivity contribution in [1.82, 2.24) is 9.97 Å². The number of aromatic amines is 1. The molecule has 1 atom stereocenters. The molecule has 1 aliphatic heterocycles. The van der Waals surface area contributed by atoms with Crippen LogP contribution in [0.15, 0.2) is 18.2 Å². The van der Waals surface area contributed by atoms with Crippen molar-refractivity contribution in [3.63, 3.8) is 0 Å². The van der Waals surface area contributed by atoms with Gasteiger partial charge < -0.3 is 4.98 Å². The van der Waals surface area contributed by atoms with Gasteiger partial charge in [0.05, 0.1) is 16.3 Å². The number of imidazole rings is 1. The Morgan fingerprint density at radius 2 is 2.44 bits per heavy atom. The molecule has 84 valence electrons. The predicted molar refractivity (Wildman–Crippen MR) is 69.9 cm³/mol. The Bertz CT molecular complexity index is 498. The second-order valence-electron chi connectivity index (χ2n) is 4.33. The maximum Gasteiger partial charge on any atom is 0.120 e. The van der Waals surface area contributed by atoms with Crippen LogP contribution in [0.4, 0.5) is 0 Å². The van der Waals surface area contributed by atoms with Crippen LogP contribution in [-0.4, -0.2) is 15.7 Å². The zero-order chi connectivity index (χ0) is 11.0. The number of hydrogen-bond donors (Lipinski definition) is 1. The van der Waals surface area contributed by atoms with Crippen LogP contribution in [0, 0.1) is 0 Å². The van der Waals surface area contributed by atoms with E-state index in [0.717, 1.165) is 11.9 Å². The molecule has 0 aliphatic carbocycles. The summed E-state index contributed by atoms with van der Waals surface area (Å²) in [6.07, 6.45) is 3.68. The second kappa shape index (κ2) is 4.13. The summed E-state index contributed by atoms with van der Waals surface area (Å²) in [5, 5.41) is 0.595. The van der Waals surface area contributed by atoms with E-state index in [-0.39, 0.29) is 0 Å². The quantitative estimate of drug-likeness (QED) is 0.855. The van der Waals surface area contributed by atoms with Gasteiger partial charge >= 0.3 is 0 Å². The van der Waals surface area contributed by atoms with E-state index >= 15 is 0 Å². The highest BCUT2D eigenvalue weighted by Gasteiger charge is 2.20. The number of hydrogen-bond acceptors (Lipinski definition) is 2. The zero-order valence-electron chi connectivity index (χ0n) is 9.49. The van der Waals surface area contributed by atoms with Crippen LogP contribution < -0.4 is 0 Å². The molecule has 1 aromatic carbocycles. The predicted octanol–water partition coefficient (Wildman–Crippen LogP) is 3.69. The van der Waals surface area contributed by atoms with E-state index in [0.29, 0.717) is 5.25 Å². The number of fused-ring (bicyclic) bond motifs is 1. The molecule has 1 saturated heterocycles. The molecule has 1 aromatic heterocycles. The number of aryl methyl sites for hydroxylation is 1. The fourth-order valence-electron chi connectivity index (χ4n) is 2.24. The Labute approximate surface area is 99.8 Å². The first-order chi connectivity index (χ1) is 7.86. The van der Waals surface area contributed by atoms with Gasteiger partial charge in [-0.15, -0.1) is 0 Å². The number of thioether (sulfide) groups is 1. The lowest BCUT2D eigenvalue weighted by molar-refractivity contribution is 0.793. The van der Waals surface area contributed by atoms with Crippen molar-refractivity contribution in [2.45, 2.75) is 31.4 Å². The van der Waals surface area contributed by atoms with Gasteiger partial charge in [0, 0.05) is 0 Å². The number of rotatable bonds is 2. The molecule has 0 spiro atoms. The van der Waals surface area contributed by atoms with Crippen molar-refractivity contribution in [2.24, 2.45) is 0 Å². The van der Waals surface area contributed by atoms with Gasteiger partial charge in [-0.2, -0.15) is 11.8 Å². The fraction of sp³-hybridized carbons (Fsp3) is 0.462. The standard InChI is InChI=1S/C13H16N2S/c1-2-9-5-6-10-11(8-9)15-13(14-10)12-4-3-7-16-12/h5-6,8,12H,2-4,7H2,1H3,(H,14,15). The summed E-state index contributed by atoms with van der Waals surface area (Å²) in [6.45, 7) is 2.19. The molecule has 0 radical (unpaired) electrons. The minimum absolute atomic E-state index is 0.595. The van der Waals surface area contributed by atoms with Crippen molar-refractivity contribution >= 4 is 22.8 Å². The molecule has 3 heteroatoms. The summed E-state index contributed by atoms with van der Waals surface area (Å²) in [6, 6.07) is 6.54. The molecule has 1 unspecified atom stereocenters. The topological polar surface area (TPSA) is 28.7 Å². The Morgan fingerprint density at radius 3 is 3.19 bits per heavy atom. The van der Waals surface area contributed by atoms with Crippen molar-refractivity contribution < 1.29 is 0 Å². The summed E-state index contributed by atoms with van der Waals surface area (Å²) >= 11 is 2.03. The fourth-order valence-corrected chi connectivity index (χ4v) is 3.46. The third-order valence-electron chi connectivity index (χ3n) is 3.21. The molecule has 2 heterocycles. The lowest BCUT2D eigenvalue weighted by Gasteiger charge is -2.02. The van der Waals surface area contributed by atoms with E-state index in [2.05, 4.69) is 30.1 Å². The van der Waals surface area contributed by atoms with E-state index in [1.165, 1.54) is 35.5 Å². The van der Waals surface area contributed by atoms with Crippen molar-refractivity contribution in [2.75, 3.05) is 5.75 Å². The van der Waals surface area contributed by atoms with Crippen LogP contribution in [0.3, 0.4) is 0 Å². The van der Waals surface area contributed by atoms with Gasteiger partial charge in [0.25, 0.3) is 0 Å². The van der Waals surface area contributed by atoms with Crippen LogP contribution >= 0.6 is 11.8 Å². The Kier molecular flexibility index (Phi) is 2.64. The number of nitrogens with one attached hydrogen (secondary N) is 1. The average molecular weight is 232 g/mol. The molecule has 2 aromatic rings. The molecule has 1 N–H and O–H groups in total. The number of benzene rings is 1. The smallest absolute Gasteiger partial charge is 0.120 e. The number of aromatic nitrogens is 2. The first-order valence-corrected chi connectivity index (χ1v) is 7.02. The van der Waals surface area contributed by atoms with Crippen LogP contribution in [0.2, 0.25) is 0 Å². The molecular formula is C13H16N2S. The molecule has 0 saturated carbocycles. The molecular weight excluding hydrogens is 216 g/mol. The molecule has 1 fully saturated rings. The van der Waals surface area contributed by atoms with Gasteiger partial charge in [0.1, 0.15) is 5.82 Å². The monoisotopic (exact) mass is 232 g/mol. The lowest BCUT2D eigenvalue weighted by Crippen LogP contribution is -1.90. The van der Waals surface area contributed by atoms with Gasteiger partial charge in [-0.05, 0) is 42.7 Å². The molecule has 0 amide bonds. The van der Waals surface area contributed by atoms with Crippen molar-refractivity contribution in [3.05, 3.63) is 29.6 Å². The van der Waals surface area contributed by atoms with E-state index < -0.39 is 0 Å². The highest BCUT2D eigenvalue weighted by atomic mass is 32.2. The summed E-state index contributed by atoms with van der Waals surface area (Å²) < 4.78 is 0. The van der Waals surface area contributed by atoms with Crippen LogP contribution in [-0.2, 0) is 6.42 Å². The Balaban J connectivity index is 2.01. The summed E-state index contributed by atoms with van der Waals surface area (Å²) in [4.78, 5) is 8.17. The lowest BCUT2D eigenvalue weighted by atomic mass is 10.1. The largest absolute Gasteiger partial charge is 0.341 e. The minimum atomic E-state index is 0.595. The second-order valence-corrected chi connectivity index (χ2v) is 5.64. The van der Waals surface area contributed by atoms with Crippen molar-refractivity contribution in [1.29, 1.82) is 0 Å². The maximum atomic E-state index is 4.69. The van der Waals surface area contributed by atoms with E-state index in [1.807, 2.05) is 11.8 Å². The van der Waals surface area contributed by atoms with E-state index in [4.69, 9.17) is 4.98 Å². The van der Waals surface area contributed by atoms with E-state index in [1.54, 1.807) is 0 Å². The molecule has 0 bridgehead atoms. The Hall–Kier alpha value is -0.960. The third-order valence-corrected chi connectivity index (χ3v) is 4.59.